The van der Waals surface area contributed by atoms with Gasteiger partial charge in [0.15, 0.2) is 0 Å². The van der Waals surface area contributed by atoms with Gasteiger partial charge < -0.3 is 16.2 Å². The van der Waals surface area contributed by atoms with Gasteiger partial charge >= 0.3 is 0 Å². The van der Waals surface area contributed by atoms with Crippen LogP contribution in [0.3, 0.4) is 0 Å². The normalized spacial score (nSPS) is 10.8. The highest BCUT2D eigenvalue weighted by Crippen LogP contribution is 2.37. The maximum atomic E-state index is 12.3. The number of rotatable bonds is 5. The Morgan fingerprint density at radius 2 is 1.88 bits per heavy atom. The fourth-order valence-corrected chi connectivity index (χ4v) is 3.02. The molecule has 3 aromatic carbocycles. The van der Waals surface area contributed by atoms with Crippen LogP contribution in [-0.4, -0.2) is 16.3 Å². The van der Waals surface area contributed by atoms with E-state index in [0.717, 1.165) is 12.0 Å². The van der Waals surface area contributed by atoms with Crippen LogP contribution >= 0.6 is 12.0 Å². The van der Waals surface area contributed by atoms with Gasteiger partial charge in [0.25, 0.3) is 5.91 Å². The van der Waals surface area contributed by atoms with Crippen molar-refractivity contribution in [1.29, 1.82) is 0 Å². The van der Waals surface area contributed by atoms with Crippen LogP contribution in [-0.2, 0) is 9.37 Å². The second kappa shape index (κ2) is 7.63. The minimum Gasteiger partial charge on any atom is -0.507 e. The second-order valence-electron chi connectivity index (χ2n) is 5.59. The van der Waals surface area contributed by atoms with Gasteiger partial charge in [-0.15, -0.1) is 4.33 Å². The summed E-state index contributed by atoms with van der Waals surface area (Å²) in [4.78, 5) is 12.9. The van der Waals surface area contributed by atoms with E-state index >= 15 is 0 Å². The Balaban J connectivity index is 1.91. The van der Waals surface area contributed by atoms with Crippen molar-refractivity contribution < 1.29 is 24.5 Å². The molecule has 0 unspecified atom stereocenters. The molecule has 0 aliphatic heterocycles. The summed E-state index contributed by atoms with van der Waals surface area (Å²) in [7, 11) is 0. The number of carbonyl (C=O) groups excluding carboxylic acids is 1. The van der Waals surface area contributed by atoms with Gasteiger partial charge in [-0.25, -0.2) is 5.26 Å². The third-order valence-electron chi connectivity index (χ3n) is 3.90. The smallest absolute Gasteiger partial charge is 0.255 e. The van der Waals surface area contributed by atoms with Crippen LogP contribution in [0.2, 0.25) is 0 Å². The fourth-order valence-electron chi connectivity index (χ4n) is 2.52. The summed E-state index contributed by atoms with van der Waals surface area (Å²) >= 11 is 0.763. The lowest BCUT2D eigenvalue weighted by Crippen LogP contribution is -2.11. The predicted octanol–water partition coefficient (Wildman–Crippen LogP) is 4.12. The van der Waals surface area contributed by atoms with E-state index < -0.39 is 0 Å². The average molecular weight is 372 g/mol. The highest BCUT2D eigenvalue weighted by atomic mass is 32.2. The first-order valence-electron chi connectivity index (χ1n) is 7.57. The van der Waals surface area contributed by atoms with Gasteiger partial charge in [0, 0.05) is 32.8 Å². The van der Waals surface area contributed by atoms with Crippen molar-refractivity contribution in [3.63, 3.8) is 0 Å². The van der Waals surface area contributed by atoms with E-state index in [-0.39, 0.29) is 11.7 Å². The lowest BCUT2D eigenvalue weighted by molar-refractivity contribution is -0.432. The number of nitrogens with two attached hydrogens (primary N) is 1. The number of amides is 1. The van der Waals surface area contributed by atoms with Crippen molar-refractivity contribution >= 4 is 40.1 Å². The molecule has 0 heterocycles. The number of hydrogen-bond donors (Lipinski definition) is 4. The number of aromatic hydroxyl groups is 1. The number of nitrogen functional groups attached to an aromatic ring is 1. The molecule has 0 aliphatic rings. The molecule has 5 N–H and O–H groups in total. The van der Waals surface area contributed by atoms with Crippen molar-refractivity contribution in [1.82, 2.24) is 0 Å². The number of phenolic OH excluding ortho intramolecular Hbond substituents is 1. The quantitative estimate of drug-likeness (QED) is 0.230. The number of benzene rings is 3. The summed E-state index contributed by atoms with van der Waals surface area (Å²) in [5.41, 5.74) is 7.84. The highest BCUT2D eigenvalue weighted by Gasteiger charge is 2.12. The Kier molecular flexibility index (Phi) is 5.29. The molecule has 0 aliphatic carbocycles. The third-order valence-corrected chi connectivity index (χ3v) is 4.64. The van der Waals surface area contributed by atoms with E-state index in [9.17, 15) is 9.90 Å². The first-order valence-corrected chi connectivity index (χ1v) is 8.31. The van der Waals surface area contributed by atoms with Gasteiger partial charge in [0.1, 0.15) is 5.75 Å². The molecule has 0 spiro atoms. The molecule has 0 fully saturated rings. The minimum absolute atomic E-state index is 0.0861. The zero-order valence-corrected chi connectivity index (χ0v) is 14.5. The standard InChI is InChI=1S/C18H16N2O5S/c1-10-16(26-25-24-23)9-12-8-14(6-7-15(12)17(10)21)20-18(22)11-2-4-13(19)5-3-11/h2-9,21,23H,19H2,1H3,(H,20,22). The van der Waals surface area contributed by atoms with Crippen LogP contribution in [0.1, 0.15) is 15.9 Å². The van der Waals surface area contributed by atoms with Crippen LogP contribution in [0.15, 0.2) is 53.4 Å². The number of anilines is 2. The van der Waals surface area contributed by atoms with Crippen molar-refractivity contribution in [2.75, 3.05) is 11.1 Å². The Morgan fingerprint density at radius 1 is 1.15 bits per heavy atom. The number of carbonyl (C=O) groups is 1. The van der Waals surface area contributed by atoms with Crippen molar-refractivity contribution in [3.8, 4) is 5.75 Å². The summed E-state index contributed by atoms with van der Waals surface area (Å²) in [6, 6.07) is 13.5. The van der Waals surface area contributed by atoms with Crippen molar-refractivity contribution in [2.24, 2.45) is 0 Å². The molecule has 8 heteroatoms. The lowest BCUT2D eigenvalue weighted by Gasteiger charge is -2.11. The Hall–Kier alpha value is -2.78. The minimum atomic E-state index is -0.271. The molecule has 1 amide bonds. The summed E-state index contributed by atoms with van der Waals surface area (Å²) < 4.78 is 4.45. The second-order valence-corrected chi connectivity index (χ2v) is 6.33. The third kappa shape index (κ3) is 3.73. The van der Waals surface area contributed by atoms with Crippen molar-refractivity contribution in [2.45, 2.75) is 11.8 Å². The molecule has 0 bridgehead atoms. The first kappa shape index (κ1) is 18.0. The van der Waals surface area contributed by atoms with Gasteiger partial charge in [-0.05, 0) is 60.8 Å². The monoisotopic (exact) mass is 372 g/mol. The zero-order chi connectivity index (χ0) is 18.7. The number of nitrogens with one attached hydrogen (secondary N) is 1. The highest BCUT2D eigenvalue weighted by molar-refractivity contribution is 7.94. The molecule has 0 saturated carbocycles. The predicted molar refractivity (Wildman–Crippen MR) is 99.8 cm³/mol. The first-order chi connectivity index (χ1) is 12.5. The summed E-state index contributed by atoms with van der Waals surface area (Å²) in [6.07, 6.45) is 0. The largest absolute Gasteiger partial charge is 0.507 e. The van der Waals surface area contributed by atoms with Gasteiger partial charge in [-0.2, -0.15) is 0 Å². The van der Waals surface area contributed by atoms with Crippen LogP contribution in [0.5, 0.6) is 5.75 Å². The van der Waals surface area contributed by atoms with Gasteiger partial charge in [0.2, 0.25) is 0 Å². The van der Waals surface area contributed by atoms with Crippen LogP contribution in [0, 0.1) is 6.92 Å². The van der Waals surface area contributed by atoms with Gasteiger partial charge in [-0.3, -0.25) is 4.79 Å². The van der Waals surface area contributed by atoms with E-state index in [2.05, 4.69) is 14.7 Å². The van der Waals surface area contributed by atoms with E-state index in [1.54, 1.807) is 55.5 Å². The molecule has 26 heavy (non-hydrogen) atoms. The SMILES string of the molecule is Cc1c(SOOO)cc2cc(NC(=O)c3ccc(N)cc3)ccc2c1O. The van der Waals surface area contributed by atoms with Crippen LogP contribution in [0.25, 0.3) is 10.8 Å². The van der Waals surface area contributed by atoms with Crippen molar-refractivity contribution in [3.05, 3.63) is 59.7 Å². The Bertz CT molecular complexity index is 960. The summed E-state index contributed by atoms with van der Waals surface area (Å²) in [5.74, 6) is -0.185. The topological polar surface area (TPSA) is 114 Å². The fraction of sp³-hybridized carbons (Fsp3) is 0.0556. The average Bonchev–Trinajstić information content (AvgIpc) is 2.64. The molecule has 0 saturated heterocycles. The number of fused-ring (bicyclic) bond motifs is 1. The van der Waals surface area contributed by atoms with Crippen LogP contribution < -0.4 is 11.1 Å². The van der Waals surface area contributed by atoms with E-state index in [0.29, 0.717) is 38.2 Å². The summed E-state index contributed by atoms with van der Waals surface area (Å²) in [5, 5.41) is 26.4. The molecule has 134 valence electrons. The maximum absolute atomic E-state index is 12.3. The van der Waals surface area contributed by atoms with E-state index in [4.69, 9.17) is 11.0 Å². The van der Waals surface area contributed by atoms with E-state index in [1.165, 1.54) is 0 Å². The molecule has 3 rings (SSSR count). The zero-order valence-electron chi connectivity index (χ0n) is 13.7. The maximum Gasteiger partial charge on any atom is 0.255 e. The lowest BCUT2D eigenvalue weighted by atomic mass is 10.0. The Morgan fingerprint density at radius 3 is 2.58 bits per heavy atom. The molecular weight excluding hydrogens is 356 g/mol. The molecule has 0 atom stereocenters. The van der Waals surface area contributed by atoms with E-state index in [1.807, 2.05) is 0 Å². The van der Waals surface area contributed by atoms with Crippen LogP contribution in [0.4, 0.5) is 11.4 Å². The van der Waals surface area contributed by atoms with Gasteiger partial charge in [0.05, 0.1) is 12.0 Å². The number of hydrogen-bond acceptors (Lipinski definition) is 7. The molecular formula is C18H16N2O5S. The molecule has 0 aromatic heterocycles. The Labute approximate surface area is 153 Å². The molecule has 0 radical (unpaired) electrons. The molecule has 3 aromatic rings. The molecule has 7 nitrogen and oxygen atoms in total. The number of phenols is 1. The van der Waals surface area contributed by atoms with Gasteiger partial charge in [-0.1, -0.05) is 5.04 Å². The summed E-state index contributed by atoms with van der Waals surface area (Å²) in [6.45, 7) is 1.72.